The number of pyridine rings is 1. The van der Waals surface area contributed by atoms with Crippen LogP contribution in [0.1, 0.15) is 0 Å². The maximum absolute atomic E-state index is 6.26. The van der Waals surface area contributed by atoms with Crippen LogP contribution in [0.15, 0.2) is 114 Å². The van der Waals surface area contributed by atoms with Crippen molar-refractivity contribution in [3.63, 3.8) is 0 Å². The van der Waals surface area contributed by atoms with Gasteiger partial charge in [-0.25, -0.2) is 0 Å². The largest absolute Gasteiger partial charge is 0.456 e. The van der Waals surface area contributed by atoms with Gasteiger partial charge in [-0.15, -0.1) is 11.3 Å². The molecule has 0 radical (unpaired) electrons. The fourth-order valence-electron chi connectivity index (χ4n) is 6.78. The molecule has 0 fully saturated rings. The third-order valence-electron chi connectivity index (χ3n) is 8.37. The molecule has 10 aromatic rings. The van der Waals surface area contributed by atoms with Crippen molar-refractivity contribution in [2.24, 2.45) is 0 Å². The van der Waals surface area contributed by atoms with Crippen molar-refractivity contribution in [3.8, 4) is 5.69 Å². The number of rotatable bonds is 1. The Morgan fingerprint density at radius 3 is 2.26 bits per heavy atom. The Kier molecular flexibility index (Phi) is 3.57. The summed E-state index contributed by atoms with van der Waals surface area (Å²) in [5.41, 5.74) is 6.18. The lowest BCUT2D eigenvalue weighted by Gasteiger charge is -2.13. The number of aromatic nitrogens is 2. The molecule has 0 N–H and O–H groups in total. The van der Waals surface area contributed by atoms with Crippen molar-refractivity contribution < 1.29 is 4.42 Å². The van der Waals surface area contributed by atoms with E-state index in [4.69, 9.17) is 9.40 Å². The van der Waals surface area contributed by atoms with E-state index in [2.05, 4.69) is 89.5 Å². The monoisotopic (exact) mass is 514 g/mol. The van der Waals surface area contributed by atoms with Crippen LogP contribution < -0.4 is 0 Å². The predicted molar refractivity (Wildman–Crippen MR) is 165 cm³/mol. The molecular weight excluding hydrogens is 496 g/mol. The molecule has 3 nitrogen and oxygen atoms in total. The highest BCUT2D eigenvalue weighted by Crippen LogP contribution is 2.47. The van der Waals surface area contributed by atoms with E-state index >= 15 is 0 Å². The van der Waals surface area contributed by atoms with Crippen LogP contribution in [0.2, 0.25) is 0 Å². The Balaban J connectivity index is 1.41. The maximum Gasteiger partial charge on any atom is 0.136 e. The molecule has 180 valence electrons. The number of nitrogens with zero attached hydrogens (tertiary/aromatic N) is 2. The van der Waals surface area contributed by atoms with Crippen LogP contribution in [0.25, 0.3) is 91.3 Å². The van der Waals surface area contributed by atoms with Gasteiger partial charge >= 0.3 is 0 Å². The molecule has 0 unspecified atom stereocenters. The van der Waals surface area contributed by atoms with Crippen LogP contribution in [0, 0.1) is 0 Å². The van der Waals surface area contributed by atoms with Crippen LogP contribution >= 0.6 is 11.3 Å². The standard InChI is InChI=1S/C35H18N2OS/c1-2-8-21-20(7-1)23-10-5-13-31-33(23)34-25(21)15-19(16-32(34)39-31)37-27-11-6-14-36-35(27)26-18-30-24(17-28(26)37)22-9-3-4-12-29(22)38-30/h1-18H. The van der Waals surface area contributed by atoms with Crippen LogP contribution in [0.5, 0.6) is 0 Å². The highest BCUT2D eigenvalue weighted by atomic mass is 32.1. The van der Waals surface area contributed by atoms with Crippen molar-refractivity contribution in [1.82, 2.24) is 9.55 Å². The summed E-state index contributed by atoms with van der Waals surface area (Å²) in [6, 6.07) is 37.2. The summed E-state index contributed by atoms with van der Waals surface area (Å²) in [6.45, 7) is 0. The SMILES string of the molecule is c1ccc2c(c1)oc1cc3c4ncccc4n(-c4cc5sc6cccc7c8ccccc8c(c4)c5c67)c3cc12. The fraction of sp³-hybridized carbons (Fsp3) is 0. The zero-order valence-electron chi connectivity index (χ0n) is 20.6. The molecule has 10 rings (SSSR count). The van der Waals surface area contributed by atoms with Crippen LogP contribution in [-0.2, 0) is 0 Å². The maximum atomic E-state index is 6.26. The normalized spacial score (nSPS) is 12.6. The molecule has 0 bridgehead atoms. The zero-order valence-corrected chi connectivity index (χ0v) is 21.4. The molecule has 39 heavy (non-hydrogen) atoms. The van der Waals surface area contributed by atoms with Gasteiger partial charge in [0.15, 0.2) is 0 Å². The second kappa shape index (κ2) is 6.93. The Morgan fingerprint density at radius 2 is 1.33 bits per heavy atom. The number of para-hydroxylation sites is 1. The fourth-order valence-corrected chi connectivity index (χ4v) is 7.97. The second-order valence-electron chi connectivity index (χ2n) is 10.4. The van der Waals surface area contributed by atoms with E-state index < -0.39 is 0 Å². The summed E-state index contributed by atoms with van der Waals surface area (Å²) < 4.78 is 11.3. The molecule has 0 amide bonds. The van der Waals surface area contributed by atoms with Gasteiger partial charge in [-0.3, -0.25) is 4.98 Å². The van der Waals surface area contributed by atoms with Gasteiger partial charge in [0.05, 0.1) is 16.6 Å². The third-order valence-corrected chi connectivity index (χ3v) is 9.47. The summed E-state index contributed by atoms with van der Waals surface area (Å²) in [7, 11) is 0. The van der Waals surface area contributed by atoms with Crippen molar-refractivity contribution in [1.29, 1.82) is 0 Å². The summed E-state index contributed by atoms with van der Waals surface area (Å²) in [5, 5.41) is 11.4. The molecule has 4 heteroatoms. The minimum atomic E-state index is 0.893. The molecular formula is C35H18N2OS. The lowest BCUT2D eigenvalue weighted by molar-refractivity contribution is 0.669. The van der Waals surface area contributed by atoms with E-state index in [0.717, 1.165) is 49.6 Å². The number of furan rings is 1. The number of hydrogen-bond acceptors (Lipinski definition) is 3. The summed E-state index contributed by atoms with van der Waals surface area (Å²) in [4.78, 5) is 4.84. The van der Waals surface area contributed by atoms with Crippen LogP contribution in [0.3, 0.4) is 0 Å². The van der Waals surface area contributed by atoms with Gasteiger partial charge in [-0.05, 0) is 70.1 Å². The first-order valence-corrected chi connectivity index (χ1v) is 13.9. The van der Waals surface area contributed by atoms with Gasteiger partial charge in [0.2, 0.25) is 0 Å². The lowest BCUT2D eigenvalue weighted by atomic mass is 9.94. The van der Waals surface area contributed by atoms with Crippen LogP contribution in [0.4, 0.5) is 0 Å². The molecule has 4 aromatic heterocycles. The summed E-state index contributed by atoms with van der Waals surface area (Å²) in [5.74, 6) is 0. The molecule has 0 aliphatic carbocycles. The molecule has 0 spiro atoms. The molecule has 0 atom stereocenters. The average molecular weight is 515 g/mol. The summed E-state index contributed by atoms with van der Waals surface area (Å²) in [6.07, 6.45) is 1.88. The second-order valence-corrected chi connectivity index (χ2v) is 11.4. The molecule has 0 aliphatic heterocycles. The van der Waals surface area contributed by atoms with Gasteiger partial charge in [-0.1, -0.05) is 54.6 Å². The number of thiophene rings is 1. The van der Waals surface area contributed by atoms with E-state index in [9.17, 15) is 0 Å². The van der Waals surface area contributed by atoms with Gasteiger partial charge in [0, 0.05) is 48.2 Å². The van der Waals surface area contributed by atoms with Gasteiger partial charge in [0.25, 0.3) is 0 Å². The predicted octanol–water partition coefficient (Wildman–Crippen LogP) is 10.2. The first-order valence-electron chi connectivity index (χ1n) is 13.1. The molecule has 0 saturated heterocycles. The Labute approximate surface area is 225 Å². The molecule has 0 saturated carbocycles. The highest BCUT2D eigenvalue weighted by molar-refractivity contribution is 7.26. The molecule has 4 heterocycles. The Morgan fingerprint density at radius 1 is 0.538 bits per heavy atom. The minimum Gasteiger partial charge on any atom is -0.456 e. The number of hydrogen-bond donors (Lipinski definition) is 0. The minimum absolute atomic E-state index is 0.893. The van der Waals surface area contributed by atoms with E-state index in [1.807, 2.05) is 35.7 Å². The third kappa shape index (κ3) is 2.45. The average Bonchev–Trinajstić information content (AvgIpc) is 3.64. The highest BCUT2D eigenvalue weighted by Gasteiger charge is 2.20. The zero-order chi connectivity index (χ0) is 25.2. The first-order chi connectivity index (χ1) is 19.3. The Bertz CT molecular complexity index is 2620. The summed E-state index contributed by atoms with van der Waals surface area (Å²) >= 11 is 1.88. The van der Waals surface area contributed by atoms with Crippen molar-refractivity contribution >= 4 is 96.9 Å². The van der Waals surface area contributed by atoms with Gasteiger partial charge in [-0.2, -0.15) is 0 Å². The molecule has 0 aliphatic rings. The van der Waals surface area contributed by atoms with Gasteiger partial charge < -0.3 is 8.98 Å². The number of benzene rings is 6. The van der Waals surface area contributed by atoms with Crippen molar-refractivity contribution in [2.75, 3.05) is 0 Å². The van der Waals surface area contributed by atoms with Crippen LogP contribution in [-0.4, -0.2) is 9.55 Å². The number of fused-ring (bicyclic) bond motifs is 9. The van der Waals surface area contributed by atoms with E-state index in [0.29, 0.717) is 0 Å². The molecule has 6 aromatic carbocycles. The van der Waals surface area contributed by atoms with E-state index in [-0.39, 0.29) is 0 Å². The topological polar surface area (TPSA) is 31.0 Å². The van der Waals surface area contributed by atoms with E-state index in [1.54, 1.807) is 0 Å². The lowest BCUT2D eigenvalue weighted by Crippen LogP contribution is -1.94. The van der Waals surface area contributed by atoms with Crippen molar-refractivity contribution in [3.05, 3.63) is 109 Å². The smallest absolute Gasteiger partial charge is 0.136 e. The first kappa shape index (κ1) is 20.1. The quantitative estimate of drug-likeness (QED) is 0.204. The van der Waals surface area contributed by atoms with Crippen molar-refractivity contribution in [2.45, 2.75) is 0 Å². The van der Waals surface area contributed by atoms with Gasteiger partial charge in [0.1, 0.15) is 11.2 Å². The Hall–Kier alpha value is -4.93. The van der Waals surface area contributed by atoms with E-state index in [1.165, 1.54) is 41.7 Å².